The average Bonchev–Trinajstić information content (AvgIpc) is 3.13. The normalized spacial score (nSPS) is 25.3. The van der Waals surface area contributed by atoms with E-state index in [1.807, 2.05) is 19.2 Å². The molecule has 2 fully saturated rings. The highest BCUT2D eigenvalue weighted by molar-refractivity contribution is 7.89. The lowest BCUT2D eigenvalue weighted by Gasteiger charge is -2.49. The molecule has 1 atom stereocenters. The highest BCUT2D eigenvalue weighted by Crippen LogP contribution is 2.43. The van der Waals surface area contributed by atoms with Crippen LogP contribution in [0.3, 0.4) is 0 Å². The zero-order valence-corrected chi connectivity index (χ0v) is 14.0. The number of H-pyrrole nitrogens is 1. The minimum atomic E-state index is -3.13. The molecule has 1 unspecified atom stereocenters. The van der Waals surface area contributed by atoms with E-state index in [-0.39, 0.29) is 11.3 Å². The first-order chi connectivity index (χ1) is 11.1. The molecule has 0 radical (unpaired) electrons. The van der Waals surface area contributed by atoms with Crippen LogP contribution < -0.4 is 4.90 Å². The molecule has 7 nitrogen and oxygen atoms in total. The van der Waals surface area contributed by atoms with Gasteiger partial charge >= 0.3 is 0 Å². The lowest BCUT2D eigenvalue weighted by Crippen LogP contribution is -2.63. The van der Waals surface area contributed by atoms with Gasteiger partial charge in [0.15, 0.2) is 0 Å². The van der Waals surface area contributed by atoms with Crippen molar-refractivity contribution in [3.8, 4) is 0 Å². The summed E-state index contributed by atoms with van der Waals surface area (Å²) in [6, 6.07) is 1.97. The van der Waals surface area contributed by atoms with E-state index in [1.165, 1.54) is 0 Å². The van der Waals surface area contributed by atoms with Crippen LogP contribution in [0.2, 0.25) is 0 Å². The molecular weight excluding hydrogens is 314 g/mol. The third kappa shape index (κ3) is 2.23. The Balaban J connectivity index is 1.61. The standard InChI is InChI=1S/C15H21N5O2S/c1-2-9-23(21,22)20-8-5-15(20)4-7-19(10-15)14-12-3-6-16-13(12)17-11-18-14/h3,6,11H,2,4-5,7-10H2,1H3,(H,16,17,18). The summed E-state index contributed by atoms with van der Waals surface area (Å²) in [5.41, 5.74) is 0.585. The van der Waals surface area contributed by atoms with Gasteiger partial charge in [-0.3, -0.25) is 0 Å². The van der Waals surface area contributed by atoms with Crippen molar-refractivity contribution in [2.45, 2.75) is 31.7 Å². The number of hydrogen-bond donors (Lipinski definition) is 1. The van der Waals surface area contributed by atoms with Gasteiger partial charge in [-0.2, -0.15) is 4.31 Å². The maximum atomic E-state index is 12.5. The SMILES string of the molecule is CCCS(=O)(=O)N1CCC12CCN(c1ncnc3[nH]ccc13)C2. The predicted octanol–water partition coefficient (Wildman–Crippen LogP) is 1.35. The van der Waals surface area contributed by atoms with Gasteiger partial charge in [0.2, 0.25) is 10.0 Å². The van der Waals surface area contributed by atoms with Crippen molar-refractivity contribution < 1.29 is 8.42 Å². The lowest BCUT2D eigenvalue weighted by atomic mass is 9.87. The molecule has 124 valence electrons. The number of sulfonamides is 1. The first-order valence-corrected chi connectivity index (χ1v) is 9.70. The van der Waals surface area contributed by atoms with E-state index in [4.69, 9.17) is 0 Å². The molecule has 2 aliphatic rings. The number of fused-ring (bicyclic) bond motifs is 1. The fourth-order valence-corrected chi connectivity index (χ4v) is 5.81. The lowest BCUT2D eigenvalue weighted by molar-refractivity contribution is 0.0934. The third-order valence-electron chi connectivity index (χ3n) is 5.07. The molecule has 0 bridgehead atoms. The second kappa shape index (κ2) is 5.17. The van der Waals surface area contributed by atoms with E-state index in [9.17, 15) is 8.42 Å². The largest absolute Gasteiger partial charge is 0.354 e. The summed E-state index contributed by atoms with van der Waals surface area (Å²) in [5, 5.41) is 0.992. The fraction of sp³-hybridized carbons (Fsp3) is 0.600. The zero-order chi connectivity index (χ0) is 16.1. The molecule has 2 saturated heterocycles. The van der Waals surface area contributed by atoms with Crippen molar-refractivity contribution in [2.24, 2.45) is 0 Å². The quantitative estimate of drug-likeness (QED) is 0.912. The molecule has 23 heavy (non-hydrogen) atoms. The minimum Gasteiger partial charge on any atom is -0.354 e. The van der Waals surface area contributed by atoms with Crippen LogP contribution in [0.5, 0.6) is 0 Å². The Hall–Kier alpha value is -1.67. The Morgan fingerprint density at radius 2 is 2.13 bits per heavy atom. The molecule has 0 saturated carbocycles. The van der Waals surface area contributed by atoms with Gasteiger partial charge < -0.3 is 9.88 Å². The van der Waals surface area contributed by atoms with Gasteiger partial charge in [0.25, 0.3) is 0 Å². The van der Waals surface area contributed by atoms with Crippen LogP contribution in [-0.4, -0.2) is 58.6 Å². The van der Waals surface area contributed by atoms with Crippen LogP contribution in [0, 0.1) is 0 Å². The summed E-state index contributed by atoms with van der Waals surface area (Å²) < 4.78 is 26.7. The molecule has 2 aromatic rings. The van der Waals surface area contributed by atoms with Crippen molar-refractivity contribution >= 4 is 26.9 Å². The summed E-state index contributed by atoms with van der Waals surface area (Å²) in [6.45, 7) is 4.11. The average molecular weight is 335 g/mol. The number of aromatic amines is 1. The fourth-order valence-electron chi connectivity index (χ4n) is 3.88. The Morgan fingerprint density at radius 1 is 1.30 bits per heavy atom. The van der Waals surface area contributed by atoms with E-state index >= 15 is 0 Å². The van der Waals surface area contributed by atoms with Gasteiger partial charge in [-0.05, 0) is 25.3 Å². The van der Waals surface area contributed by atoms with Crippen LogP contribution in [0.15, 0.2) is 18.6 Å². The number of anilines is 1. The van der Waals surface area contributed by atoms with Gasteiger partial charge in [-0.15, -0.1) is 0 Å². The molecule has 0 aromatic carbocycles. The highest BCUT2D eigenvalue weighted by Gasteiger charge is 2.54. The third-order valence-corrected chi connectivity index (χ3v) is 7.24. The molecule has 1 spiro atoms. The Labute approximate surface area is 135 Å². The molecule has 4 rings (SSSR count). The van der Waals surface area contributed by atoms with Gasteiger partial charge in [-0.1, -0.05) is 6.92 Å². The van der Waals surface area contributed by atoms with Crippen molar-refractivity contribution in [2.75, 3.05) is 30.3 Å². The molecule has 2 aliphatic heterocycles. The first kappa shape index (κ1) is 14.9. The summed E-state index contributed by atoms with van der Waals surface area (Å²) in [4.78, 5) is 14.0. The second-order valence-corrected chi connectivity index (χ2v) is 8.48. The zero-order valence-electron chi connectivity index (χ0n) is 13.2. The topological polar surface area (TPSA) is 82.2 Å². The second-order valence-electron chi connectivity index (χ2n) is 6.47. The Morgan fingerprint density at radius 3 is 2.87 bits per heavy atom. The van der Waals surface area contributed by atoms with E-state index in [0.717, 1.165) is 36.2 Å². The number of aromatic nitrogens is 3. The van der Waals surface area contributed by atoms with Gasteiger partial charge in [0, 0.05) is 25.8 Å². The van der Waals surface area contributed by atoms with E-state index in [2.05, 4.69) is 19.9 Å². The maximum absolute atomic E-state index is 12.5. The van der Waals surface area contributed by atoms with Crippen molar-refractivity contribution in [1.29, 1.82) is 0 Å². The van der Waals surface area contributed by atoms with Crippen molar-refractivity contribution in [1.82, 2.24) is 19.3 Å². The Kier molecular flexibility index (Phi) is 3.35. The number of nitrogens with one attached hydrogen (secondary N) is 1. The van der Waals surface area contributed by atoms with Gasteiger partial charge in [-0.25, -0.2) is 18.4 Å². The monoisotopic (exact) mass is 335 g/mol. The van der Waals surface area contributed by atoms with Crippen LogP contribution in [0.1, 0.15) is 26.2 Å². The smallest absolute Gasteiger partial charge is 0.214 e. The summed E-state index contributed by atoms with van der Waals surface area (Å²) in [6.07, 6.45) is 5.88. The highest BCUT2D eigenvalue weighted by atomic mass is 32.2. The van der Waals surface area contributed by atoms with E-state index in [1.54, 1.807) is 10.6 Å². The van der Waals surface area contributed by atoms with Crippen LogP contribution >= 0.6 is 0 Å². The molecular formula is C15H21N5O2S. The predicted molar refractivity (Wildman–Crippen MR) is 88.9 cm³/mol. The van der Waals surface area contributed by atoms with Crippen LogP contribution in [0.4, 0.5) is 5.82 Å². The molecule has 4 heterocycles. The van der Waals surface area contributed by atoms with Crippen LogP contribution in [0.25, 0.3) is 11.0 Å². The molecule has 8 heteroatoms. The van der Waals surface area contributed by atoms with Crippen molar-refractivity contribution in [3.63, 3.8) is 0 Å². The number of nitrogens with zero attached hydrogens (tertiary/aromatic N) is 4. The van der Waals surface area contributed by atoms with Crippen molar-refractivity contribution in [3.05, 3.63) is 18.6 Å². The van der Waals surface area contributed by atoms with E-state index < -0.39 is 10.0 Å². The van der Waals surface area contributed by atoms with Crippen LogP contribution in [-0.2, 0) is 10.0 Å². The molecule has 2 aromatic heterocycles. The molecule has 0 amide bonds. The summed E-state index contributed by atoms with van der Waals surface area (Å²) in [5.74, 6) is 1.14. The number of rotatable bonds is 4. The Bertz CT molecular complexity index is 833. The maximum Gasteiger partial charge on any atom is 0.214 e. The number of hydrogen-bond acceptors (Lipinski definition) is 5. The summed E-state index contributed by atoms with van der Waals surface area (Å²) >= 11 is 0. The van der Waals surface area contributed by atoms with E-state index in [0.29, 0.717) is 19.5 Å². The minimum absolute atomic E-state index is 0.235. The first-order valence-electron chi connectivity index (χ1n) is 8.09. The summed E-state index contributed by atoms with van der Waals surface area (Å²) in [7, 11) is -3.13. The molecule has 1 N–H and O–H groups in total. The van der Waals surface area contributed by atoms with Gasteiger partial charge in [0.05, 0.1) is 16.7 Å². The van der Waals surface area contributed by atoms with Gasteiger partial charge in [0.1, 0.15) is 17.8 Å². The molecule has 0 aliphatic carbocycles.